The Hall–Kier alpha value is -2.64. The number of fused-ring (bicyclic) bond motifs is 1. The van der Waals surface area contributed by atoms with Gasteiger partial charge in [0.1, 0.15) is 4.83 Å². The molecule has 1 atom stereocenters. The molecule has 2 aliphatic rings. The van der Waals surface area contributed by atoms with Crippen LogP contribution in [0.2, 0.25) is 0 Å². The topological polar surface area (TPSA) is 105 Å². The molecule has 1 fully saturated rings. The van der Waals surface area contributed by atoms with Crippen LogP contribution in [-0.4, -0.2) is 45.8 Å². The molecule has 0 aliphatic carbocycles. The fraction of sp³-hybridized carbons (Fsp3) is 0.600. The number of hydrogen-bond donors (Lipinski definition) is 1. The average molecular weight is 431 g/mol. The van der Waals surface area contributed by atoms with Crippen LogP contribution in [0.1, 0.15) is 43.2 Å². The quantitative estimate of drug-likeness (QED) is 0.570. The summed E-state index contributed by atoms with van der Waals surface area (Å²) in [5.41, 5.74) is 0.373. The molecule has 30 heavy (non-hydrogen) atoms. The maximum Gasteiger partial charge on any atom is 0.332 e. The highest BCUT2D eigenvalue weighted by molar-refractivity contribution is 7.18. The second-order valence-corrected chi connectivity index (χ2v) is 9.07. The van der Waals surface area contributed by atoms with Crippen LogP contribution >= 0.6 is 11.3 Å². The number of aliphatic imine (C=N–C) groups is 1. The number of hydrogen-bond acceptors (Lipinski definition) is 8. The third-order valence-corrected chi connectivity index (χ3v) is 7.00. The van der Waals surface area contributed by atoms with Crippen molar-refractivity contribution in [2.75, 3.05) is 19.7 Å². The first-order valence-electron chi connectivity index (χ1n) is 10.3. The number of thiophene rings is 1. The molecule has 0 radical (unpaired) electrons. The van der Waals surface area contributed by atoms with Gasteiger partial charge in [-0.05, 0) is 39.2 Å². The van der Waals surface area contributed by atoms with Crippen molar-refractivity contribution in [3.63, 3.8) is 0 Å². The summed E-state index contributed by atoms with van der Waals surface area (Å²) in [4.78, 5) is 34.5. The van der Waals surface area contributed by atoms with Crippen molar-refractivity contribution in [1.82, 2.24) is 19.4 Å². The zero-order chi connectivity index (χ0) is 21.4. The molecule has 0 amide bonds. The Morgan fingerprint density at radius 1 is 1.40 bits per heavy atom. The Bertz CT molecular complexity index is 1150. The summed E-state index contributed by atoms with van der Waals surface area (Å²) in [6.45, 7) is 8.68. The van der Waals surface area contributed by atoms with Crippen LogP contribution in [0.3, 0.4) is 0 Å². The van der Waals surface area contributed by atoms with E-state index < -0.39 is 0 Å². The third-order valence-electron chi connectivity index (χ3n) is 5.70. The van der Waals surface area contributed by atoms with Crippen molar-refractivity contribution in [2.24, 2.45) is 4.99 Å². The van der Waals surface area contributed by atoms with E-state index in [0.29, 0.717) is 49.0 Å². The van der Waals surface area contributed by atoms with Crippen LogP contribution in [0, 0.1) is 18.4 Å². The van der Waals surface area contributed by atoms with Crippen molar-refractivity contribution in [1.29, 1.82) is 5.26 Å². The molecule has 9 nitrogen and oxygen atoms in total. The lowest BCUT2D eigenvalue weighted by atomic mass is 10.2. The molecule has 1 N–H and O–H groups in total. The van der Waals surface area contributed by atoms with Crippen molar-refractivity contribution >= 4 is 27.5 Å². The number of nitriles is 1. The van der Waals surface area contributed by atoms with E-state index >= 15 is 0 Å². The van der Waals surface area contributed by atoms with E-state index in [1.54, 1.807) is 4.57 Å². The van der Waals surface area contributed by atoms with Gasteiger partial charge in [-0.1, -0.05) is 0 Å². The zero-order valence-corrected chi connectivity index (χ0v) is 18.3. The number of nitrogens with one attached hydrogen (secondary N) is 1. The Labute approximate surface area is 178 Å². The standard InChI is InChI=1S/C20H26N6O3S/c1-12(2)26-17(27)16-13(3)15(10-24-7-6-22-19(24)23-11-21)30-18(16)25(20(26)28)9-14-5-4-8-29-14/h12,14H,4-10H2,1-3H3,(H,22,23). The van der Waals surface area contributed by atoms with Gasteiger partial charge in [0.05, 0.1) is 31.1 Å². The summed E-state index contributed by atoms with van der Waals surface area (Å²) in [5.74, 6) is 0.547. The van der Waals surface area contributed by atoms with Crippen LogP contribution in [0.4, 0.5) is 0 Å². The Kier molecular flexibility index (Phi) is 5.66. The molecule has 4 rings (SSSR count). The molecule has 2 aliphatic heterocycles. The second-order valence-electron chi connectivity index (χ2n) is 7.99. The van der Waals surface area contributed by atoms with E-state index in [9.17, 15) is 9.59 Å². The van der Waals surface area contributed by atoms with Crippen LogP contribution in [0.25, 0.3) is 10.2 Å². The largest absolute Gasteiger partial charge is 0.376 e. The maximum atomic E-state index is 13.3. The number of rotatable bonds is 5. The summed E-state index contributed by atoms with van der Waals surface area (Å²) >= 11 is 1.48. The first-order chi connectivity index (χ1) is 14.4. The Balaban J connectivity index is 1.83. The zero-order valence-electron chi connectivity index (χ0n) is 17.5. The summed E-state index contributed by atoms with van der Waals surface area (Å²) in [5, 5.41) is 12.2. The summed E-state index contributed by atoms with van der Waals surface area (Å²) in [7, 11) is 0. The first-order valence-corrected chi connectivity index (χ1v) is 11.1. The number of ether oxygens (including phenoxy) is 1. The fourth-order valence-electron chi connectivity index (χ4n) is 4.15. The van der Waals surface area contributed by atoms with Gasteiger partial charge in [0, 0.05) is 24.1 Å². The van der Waals surface area contributed by atoms with E-state index in [4.69, 9.17) is 10.00 Å². The highest BCUT2D eigenvalue weighted by Gasteiger charge is 2.26. The average Bonchev–Trinajstić information content (AvgIpc) is 3.42. The summed E-state index contributed by atoms with van der Waals surface area (Å²) in [6.07, 6.45) is 3.82. The number of aryl methyl sites for hydroxylation is 1. The number of aromatic nitrogens is 2. The maximum absolute atomic E-state index is 13.3. The molecule has 2 aromatic heterocycles. The van der Waals surface area contributed by atoms with Gasteiger partial charge < -0.3 is 9.64 Å². The van der Waals surface area contributed by atoms with Gasteiger partial charge in [0.15, 0.2) is 6.19 Å². The lowest BCUT2D eigenvalue weighted by Crippen LogP contribution is -2.42. The van der Waals surface area contributed by atoms with Crippen molar-refractivity contribution in [2.45, 2.75) is 58.8 Å². The molecule has 0 spiro atoms. The van der Waals surface area contributed by atoms with Crippen molar-refractivity contribution in [3.8, 4) is 6.19 Å². The predicted molar refractivity (Wildman–Crippen MR) is 116 cm³/mol. The molecule has 160 valence electrons. The molecule has 2 aromatic rings. The van der Waals surface area contributed by atoms with Gasteiger partial charge in [0.25, 0.3) is 5.56 Å². The van der Waals surface area contributed by atoms with Gasteiger partial charge in [-0.25, -0.2) is 4.79 Å². The van der Waals surface area contributed by atoms with Crippen LogP contribution in [-0.2, 0) is 17.8 Å². The minimum atomic E-state index is -0.277. The molecule has 1 unspecified atom stereocenters. The van der Waals surface area contributed by atoms with E-state index in [1.807, 2.05) is 31.9 Å². The summed E-state index contributed by atoms with van der Waals surface area (Å²) < 4.78 is 8.84. The van der Waals surface area contributed by atoms with E-state index in [2.05, 4.69) is 10.3 Å². The Morgan fingerprint density at radius 2 is 2.20 bits per heavy atom. The highest BCUT2D eigenvalue weighted by atomic mass is 32.1. The molecular weight excluding hydrogens is 404 g/mol. The molecule has 4 heterocycles. The molecule has 10 heteroatoms. The van der Waals surface area contributed by atoms with Gasteiger partial charge in [-0.3, -0.25) is 24.2 Å². The number of guanidine groups is 1. The van der Waals surface area contributed by atoms with Gasteiger partial charge in [-0.15, -0.1) is 11.3 Å². The monoisotopic (exact) mass is 430 g/mol. The lowest BCUT2D eigenvalue weighted by molar-refractivity contribution is 0.0965. The minimum absolute atomic E-state index is 0.00739. The normalized spacial score (nSPS) is 19.0. The minimum Gasteiger partial charge on any atom is -0.376 e. The molecular formula is C20H26N6O3S. The summed E-state index contributed by atoms with van der Waals surface area (Å²) in [6, 6.07) is -0.231. The van der Waals surface area contributed by atoms with Gasteiger partial charge in [-0.2, -0.15) is 5.26 Å². The molecule has 0 bridgehead atoms. The predicted octanol–water partition coefficient (Wildman–Crippen LogP) is 1.54. The highest BCUT2D eigenvalue weighted by Crippen LogP contribution is 2.30. The van der Waals surface area contributed by atoms with E-state index in [0.717, 1.165) is 23.3 Å². The first kappa shape index (κ1) is 20.6. The second kappa shape index (κ2) is 8.24. The van der Waals surface area contributed by atoms with Crippen molar-refractivity contribution < 1.29 is 4.74 Å². The van der Waals surface area contributed by atoms with Crippen LogP contribution in [0.5, 0.6) is 0 Å². The SMILES string of the molecule is Cc1c(CN2CCN=C2NC#N)sc2c1c(=O)n(C(C)C)c(=O)n2CC1CCCO1. The molecule has 1 saturated heterocycles. The molecule has 0 aromatic carbocycles. The van der Waals surface area contributed by atoms with E-state index in [-0.39, 0.29) is 23.4 Å². The van der Waals surface area contributed by atoms with Crippen LogP contribution in [0.15, 0.2) is 14.6 Å². The molecule has 0 saturated carbocycles. The van der Waals surface area contributed by atoms with Gasteiger partial charge >= 0.3 is 5.69 Å². The smallest absolute Gasteiger partial charge is 0.332 e. The van der Waals surface area contributed by atoms with Gasteiger partial charge in [0.2, 0.25) is 5.96 Å². The van der Waals surface area contributed by atoms with Crippen LogP contribution < -0.4 is 16.6 Å². The number of nitrogens with zero attached hydrogens (tertiary/aromatic N) is 5. The fourth-order valence-corrected chi connectivity index (χ4v) is 5.46. The third kappa shape index (κ3) is 3.52. The van der Waals surface area contributed by atoms with Crippen molar-refractivity contribution in [3.05, 3.63) is 31.3 Å². The lowest BCUT2D eigenvalue weighted by Gasteiger charge is -2.18. The van der Waals surface area contributed by atoms with E-state index in [1.165, 1.54) is 15.9 Å². The Morgan fingerprint density at radius 3 is 2.87 bits per heavy atom.